The second-order valence-corrected chi connectivity index (χ2v) is 10.6. The number of rotatable bonds is 5. The first-order valence-electron chi connectivity index (χ1n) is 12.7. The van der Waals surface area contributed by atoms with E-state index in [0.717, 1.165) is 62.6 Å². The van der Waals surface area contributed by atoms with E-state index in [2.05, 4.69) is 26.9 Å². The molecular weight excluding hydrogens is 400 g/mol. The fraction of sp³-hybridized carbons (Fsp3) is 0.654. The summed E-state index contributed by atoms with van der Waals surface area (Å²) in [5.74, 6) is 3.94. The first-order chi connectivity index (χ1) is 15.7. The second kappa shape index (κ2) is 8.29. The van der Waals surface area contributed by atoms with Crippen molar-refractivity contribution in [2.75, 3.05) is 37.6 Å². The standard InChI is InChI=1S/C26H36N4O2/c31-25-23-18-8-9-19(15-18)24(23)26(32)30(25)17-21-6-2-1-5-20(21)16-28-11-13-29(14-12-28)22-7-3-4-10-27-22/h3-4,7,10,18-21,31-32H,1-2,5-6,8-9,11-17H2. The molecule has 2 N–H and O–H groups in total. The summed E-state index contributed by atoms with van der Waals surface area (Å²) in [4.78, 5) is 9.52. The van der Waals surface area contributed by atoms with Crippen molar-refractivity contribution in [2.45, 2.75) is 63.3 Å². The Morgan fingerprint density at radius 2 is 1.47 bits per heavy atom. The number of pyridine rings is 1. The van der Waals surface area contributed by atoms with Crippen molar-refractivity contribution >= 4 is 5.82 Å². The van der Waals surface area contributed by atoms with Crippen LogP contribution in [-0.2, 0) is 6.54 Å². The highest BCUT2D eigenvalue weighted by Crippen LogP contribution is 2.60. The van der Waals surface area contributed by atoms with Crippen molar-refractivity contribution < 1.29 is 10.2 Å². The van der Waals surface area contributed by atoms with Gasteiger partial charge in [0.1, 0.15) is 5.82 Å². The largest absolute Gasteiger partial charge is 0.494 e. The van der Waals surface area contributed by atoms with E-state index in [0.29, 0.717) is 35.4 Å². The van der Waals surface area contributed by atoms with E-state index in [1.165, 1.54) is 38.5 Å². The Labute approximate surface area is 190 Å². The van der Waals surface area contributed by atoms with Crippen LogP contribution in [0, 0.1) is 11.8 Å². The molecule has 1 saturated heterocycles. The van der Waals surface area contributed by atoms with Crippen LogP contribution >= 0.6 is 0 Å². The minimum Gasteiger partial charge on any atom is -0.494 e. The number of nitrogens with zero attached hydrogens (tertiary/aromatic N) is 4. The Bertz CT molecular complexity index is 917. The average molecular weight is 437 g/mol. The lowest BCUT2D eigenvalue weighted by molar-refractivity contribution is 0.130. The summed E-state index contributed by atoms with van der Waals surface area (Å²) in [6.07, 6.45) is 10.4. The molecule has 172 valence electrons. The van der Waals surface area contributed by atoms with Crippen molar-refractivity contribution in [1.82, 2.24) is 14.5 Å². The van der Waals surface area contributed by atoms with Crippen LogP contribution in [0.15, 0.2) is 24.4 Å². The predicted molar refractivity (Wildman–Crippen MR) is 125 cm³/mol. The van der Waals surface area contributed by atoms with E-state index in [4.69, 9.17) is 0 Å². The van der Waals surface area contributed by atoms with Gasteiger partial charge in [0.15, 0.2) is 11.8 Å². The topological polar surface area (TPSA) is 64.8 Å². The van der Waals surface area contributed by atoms with Gasteiger partial charge in [0.25, 0.3) is 0 Å². The lowest BCUT2D eigenvalue weighted by Gasteiger charge is -2.40. The number of aromatic hydroxyl groups is 2. The molecule has 3 aliphatic carbocycles. The maximum Gasteiger partial charge on any atom is 0.197 e. The Balaban J connectivity index is 1.12. The normalized spacial score (nSPS) is 30.1. The molecule has 6 rings (SSSR count). The number of aromatic nitrogens is 2. The van der Waals surface area contributed by atoms with Crippen molar-refractivity contribution in [2.24, 2.45) is 11.8 Å². The smallest absolute Gasteiger partial charge is 0.197 e. The molecule has 3 heterocycles. The van der Waals surface area contributed by atoms with Crippen LogP contribution in [-0.4, -0.2) is 57.4 Å². The van der Waals surface area contributed by atoms with Crippen LogP contribution in [0.3, 0.4) is 0 Å². The fourth-order valence-corrected chi connectivity index (χ4v) is 7.15. The van der Waals surface area contributed by atoms with Crippen LogP contribution in [0.4, 0.5) is 5.82 Å². The fourth-order valence-electron chi connectivity index (χ4n) is 7.15. The van der Waals surface area contributed by atoms with Crippen LogP contribution in [0.1, 0.15) is 67.9 Å². The molecule has 0 aromatic carbocycles. The van der Waals surface area contributed by atoms with E-state index in [9.17, 15) is 10.2 Å². The number of piperazine rings is 1. The van der Waals surface area contributed by atoms with Gasteiger partial charge in [-0.15, -0.1) is 0 Å². The number of fused-ring (bicyclic) bond motifs is 5. The Kier molecular flexibility index (Phi) is 5.28. The average Bonchev–Trinajstić information content (AvgIpc) is 3.52. The van der Waals surface area contributed by atoms with Crippen LogP contribution in [0.25, 0.3) is 0 Å². The molecule has 4 atom stereocenters. The molecule has 32 heavy (non-hydrogen) atoms. The first kappa shape index (κ1) is 20.4. The summed E-state index contributed by atoms with van der Waals surface area (Å²) in [6, 6.07) is 6.14. The summed E-state index contributed by atoms with van der Waals surface area (Å²) >= 11 is 0. The van der Waals surface area contributed by atoms with Crippen LogP contribution < -0.4 is 4.90 Å². The third-order valence-electron chi connectivity index (χ3n) is 8.85. The molecule has 4 unspecified atom stereocenters. The van der Waals surface area contributed by atoms with Gasteiger partial charge in [-0.25, -0.2) is 4.98 Å². The summed E-state index contributed by atoms with van der Waals surface area (Å²) < 4.78 is 1.87. The van der Waals surface area contributed by atoms with E-state index in [1.807, 2.05) is 16.8 Å². The van der Waals surface area contributed by atoms with Crippen molar-refractivity contribution in [3.05, 3.63) is 35.5 Å². The zero-order chi connectivity index (χ0) is 21.7. The number of hydrogen-bond donors (Lipinski definition) is 2. The molecule has 0 amide bonds. The molecule has 2 aromatic rings. The molecule has 6 heteroatoms. The number of anilines is 1. The van der Waals surface area contributed by atoms with Gasteiger partial charge in [0.2, 0.25) is 0 Å². The number of hydrogen-bond acceptors (Lipinski definition) is 5. The lowest BCUT2D eigenvalue weighted by Crippen LogP contribution is -2.49. The highest BCUT2D eigenvalue weighted by atomic mass is 16.3. The van der Waals surface area contributed by atoms with E-state index in [-0.39, 0.29) is 0 Å². The van der Waals surface area contributed by atoms with E-state index in [1.54, 1.807) is 0 Å². The third kappa shape index (κ3) is 3.47. The maximum atomic E-state index is 11.0. The van der Waals surface area contributed by atoms with Gasteiger partial charge in [0.05, 0.1) is 0 Å². The molecule has 2 bridgehead atoms. The van der Waals surface area contributed by atoms with Crippen molar-refractivity contribution in [3.63, 3.8) is 0 Å². The molecule has 2 aromatic heterocycles. The SMILES string of the molecule is Oc1c2c(c(O)n1CC1CCCCC1CN1CCN(c3ccccn3)CC1)C1CCC2C1. The quantitative estimate of drug-likeness (QED) is 0.732. The van der Waals surface area contributed by atoms with Gasteiger partial charge in [-0.05, 0) is 67.9 Å². The van der Waals surface area contributed by atoms with Gasteiger partial charge in [-0.1, -0.05) is 18.9 Å². The summed E-state index contributed by atoms with van der Waals surface area (Å²) in [6.45, 7) is 6.12. The maximum absolute atomic E-state index is 11.0. The summed E-state index contributed by atoms with van der Waals surface area (Å²) in [5.41, 5.74) is 2.16. The van der Waals surface area contributed by atoms with Gasteiger partial charge < -0.3 is 15.1 Å². The zero-order valence-corrected chi connectivity index (χ0v) is 19.0. The van der Waals surface area contributed by atoms with Gasteiger partial charge in [0, 0.05) is 56.6 Å². The monoisotopic (exact) mass is 436 g/mol. The van der Waals surface area contributed by atoms with Crippen LogP contribution in [0.5, 0.6) is 11.8 Å². The van der Waals surface area contributed by atoms with Crippen molar-refractivity contribution in [1.29, 1.82) is 0 Å². The van der Waals surface area contributed by atoms with Crippen LogP contribution in [0.2, 0.25) is 0 Å². The first-order valence-corrected chi connectivity index (χ1v) is 12.7. The third-order valence-corrected chi connectivity index (χ3v) is 8.85. The Morgan fingerprint density at radius 1 is 0.812 bits per heavy atom. The molecule has 2 saturated carbocycles. The summed E-state index contributed by atoms with van der Waals surface area (Å²) in [5, 5.41) is 22.0. The molecule has 1 aliphatic heterocycles. The van der Waals surface area contributed by atoms with Gasteiger partial charge in [-0.3, -0.25) is 9.47 Å². The highest BCUT2D eigenvalue weighted by molar-refractivity contribution is 5.54. The van der Waals surface area contributed by atoms with Crippen molar-refractivity contribution in [3.8, 4) is 11.8 Å². The zero-order valence-electron chi connectivity index (χ0n) is 19.0. The summed E-state index contributed by atoms with van der Waals surface area (Å²) in [7, 11) is 0. The lowest BCUT2D eigenvalue weighted by atomic mass is 9.78. The van der Waals surface area contributed by atoms with Gasteiger partial charge >= 0.3 is 0 Å². The Morgan fingerprint density at radius 3 is 2.09 bits per heavy atom. The molecule has 0 radical (unpaired) electrons. The predicted octanol–water partition coefficient (Wildman–Crippen LogP) is 4.29. The van der Waals surface area contributed by atoms with E-state index < -0.39 is 0 Å². The molecule has 0 spiro atoms. The Hall–Kier alpha value is -2.21. The van der Waals surface area contributed by atoms with Gasteiger partial charge in [-0.2, -0.15) is 0 Å². The molecular formula is C26H36N4O2. The molecule has 3 fully saturated rings. The molecule has 6 nitrogen and oxygen atoms in total. The highest BCUT2D eigenvalue weighted by Gasteiger charge is 2.44. The molecule has 4 aliphatic rings. The minimum absolute atomic E-state index is 0.373. The second-order valence-electron chi connectivity index (χ2n) is 10.6. The minimum atomic E-state index is 0.373. The van der Waals surface area contributed by atoms with E-state index >= 15 is 0 Å².